The molecule has 4 heteroatoms. The van der Waals surface area contributed by atoms with Crippen LogP contribution in [0.1, 0.15) is 56.2 Å². The Kier molecular flexibility index (Phi) is 4.88. The number of hydrogen-bond donors (Lipinski definition) is 2. The Labute approximate surface area is 127 Å². The summed E-state index contributed by atoms with van der Waals surface area (Å²) < 4.78 is 6.06. The molecule has 1 aromatic rings. The van der Waals surface area contributed by atoms with Crippen LogP contribution in [0, 0.1) is 12.3 Å². The van der Waals surface area contributed by atoms with Crippen molar-refractivity contribution in [2.75, 3.05) is 0 Å². The van der Waals surface area contributed by atoms with Gasteiger partial charge in [-0.2, -0.15) is 0 Å². The highest BCUT2D eigenvalue weighted by molar-refractivity contribution is 5.97. The Morgan fingerprint density at radius 2 is 2.05 bits per heavy atom. The van der Waals surface area contributed by atoms with Crippen LogP contribution in [0.2, 0.25) is 0 Å². The number of amidine groups is 1. The van der Waals surface area contributed by atoms with Gasteiger partial charge in [-0.1, -0.05) is 31.1 Å². The van der Waals surface area contributed by atoms with Crippen molar-refractivity contribution in [3.63, 3.8) is 0 Å². The lowest BCUT2D eigenvalue weighted by molar-refractivity contribution is -0.00576. The van der Waals surface area contributed by atoms with E-state index in [1.165, 1.54) is 12.8 Å². The van der Waals surface area contributed by atoms with E-state index in [4.69, 9.17) is 15.7 Å². The van der Waals surface area contributed by atoms with Crippen molar-refractivity contribution < 1.29 is 9.94 Å². The summed E-state index contributed by atoms with van der Waals surface area (Å²) in [6.45, 7) is 7.32. The number of benzene rings is 1. The number of rotatable bonds is 4. The van der Waals surface area contributed by atoms with Crippen LogP contribution in [-0.4, -0.2) is 17.1 Å². The minimum atomic E-state index is 0.139. The van der Waals surface area contributed by atoms with Gasteiger partial charge in [0.15, 0.2) is 5.84 Å². The van der Waals surface area contributed by atoms with Crippen LogP contribution in [0.5, 0.6) is 0 Å². The maximum absolute atomic E-state index is 8.70. The molecule has 0 heterocycles. The van der Waals surface area contributed by atoms with Crippen molar-refractivity contribution in [3.05, 3.63) is 34.9 Å². The second-order valence-corrected chi connectivity index (χ2v) is 6.80. The number of aryl methyl sites for hydroxylation is 1. The molecule has 0 saturated heterocycles. The molecule has 3 N–H and O–H groups in total. The molecule has 0 amide bonds. The Balaban J connectivity index is 1.92. The van der Waals surface area contributed by atoms with Gasteiger partial charge in [0.2, 0.25) is 0 Å². The van der Waals surface area contributed by atoms with Gasteiger partial charge in [-0.05, 0) is 55.2 Å². The number of nitrogens with two attached hydrogens (primary N) is 1. The minimum absolute atomic E-state index is 0.139. The molecule has 1 aromatic carbocycles. The zero-order chi connectivity index (χ0) is 15.5. The molecule has 0 spiro atoms. The normalized spacial score (nSPS) is 19.7. The van der Waals surface area contributed by atoms with Gasteiger partial charge in [0.25, 0.3) is 0 Å². The number of ether oxygens (including phenoxy) is 1. The van der Waals surface area contributed by atoms with Crippen LogP contribution in [0.25, 0.3) is 0 Å². The largest absolute Gasteiger partial charge is 0.409 e. The fourth-order valence-corrected chi connectivity index (χ4v) is 2.82. The van der Waals surface area contributed by atoms with E-state index in [9.17, 15) is 0 Å². The van der Waals surface area contributed by atoms with Crippen molar-refractivity contribution in [3.8, 4) is 0 Å². The van der Waals surface area contributed by atoms with Gasteiger partial charge < -0.3 is 15.7 Å². The van der Waals surface area contributed by atoms with Crippen LogP contribution in [-0.2, 0) is 11.3 Å². The van der Waals surface area contributed by atoms with E-state index in [2.05, 4.69) is 19.0 Å². The van der Waals surface area contributed by atoms with Gasteiger partial charge in [0, 0.05) is 5.56 Å². The molecule has 1 aliphatic rings. The van der Waals surface area contributed by atoms with E-state index in [-0.39, 0.29) is 5.84 Å². The number of nitrogens with zero attached hydrogens (tertiary/aromatic N) is 1. The molecule has 116 valence electrons. The molecule has 1 saturated carbocycles. The maximum Gasteiger partial charge on any atom is 0.170 e. The van der Waals surface area contributed by atoms with E-state index in [1.807, 2.05) is 25.1 Å². The quantitative estimate of drug-likeness (QED) is 0.385. The third-order valence-electron chi connectivity index (χ3n) is 4.51. The lowest BCUT2D eigenvalue weighted by Crippen LogP contribution is -2.26. The Bertz CT molecular complexity index is 514. The molecule has 1 aliphatic carbocycles. The molecule has 21 heavy (non-hydrogen) atoms. The third-order valence-corrected chi connectivity index (χ3v) is 4.51. The first-order chi connectivity index (χ1) is 9.91. The molecule has 0 bridgehead atoms. The summed E-state index contributed by atoms with van der Waals surface area (Å²) in [5, 5.41) is 11.7. The molecule has 0 aliphatic heterocycles. The molecule has 0 unspecified atom stereocenters. The van der Waals surface area contributed by atoms with E-state index in [0.717, 1.165) is 29.5 Å². The fourth-order valence-electron chi connectivity index (χ4n) is 2.82. The lowest BCUT2D eigenvalue weighted by atomic mass is 9.76. The average molecular weight is 290 g/mol. The molecule has 4 nitrogen and oxygen atoms in total. The summed E-state index contributed by atoms with van der Waals surface area (Å²) in [7, 11) is 0. The smallest absolute Gasteiger partial charge is 0.170 e. The summed E-state index contributed by atoms with van der Waals surface area (Å²) in [5.41, 5.74) is 9.07. The van der Waals surface area contributed by atoms with E-state index >= 15 is 0 Å². The molecular weight excluding hydrogens is 264 g/mol. The lowest BCUT2D eigenvalue weighted by Gasteiger charge is -2.34. The summed E-state index contributed by atoms with van der Waals surface area (Å²) in [6, 6.07) is 5.79. The predicted molar refractivity (Wildman–Crippen MR) is 84.5 cm³/mol. The second-order valence-electron chi connectivity index (χ2n) is 6.80. The minimum Gasteiger partial charge on any atom is -0.409 e. The van der Waals surface area contributed by atoms with Crippen LogP contribution >= 0.6 is 0 Å². The summed E-state index contributed by atoms with van der Waals surface area (Å²) in [6.07, 6.45) is 5.14. The molecule has 0 aromatic heterocycles. The van der Waals surface area contributed by atoms with Crippen LogP contribution in [0.4, 0.5) is 0 Å². The Hall–Kier alpha value is -1.55. The van der Waals surface area contributed by atoms with Gasteiger partial charge in [-0.3, -0.25) is 0 Å². The fraction of sp³-hybridized carbons (Fsp3) is 0.588. The van der Waals surface area contributed by atoms with E-state index in [0.29, 0.717) is 18.1 Å². The van der Waals surface area contributed by atoms with Crippen LogP contribution < -0.4 is 5.73 Å². The van der Waals surface area contributed by atoms with Crippen molar-refractivity contribution >= 4 is 5.84 Å². The van der Waals surface area contributed by atoms with E-state index < -0.39 is 0 Å². The first-order valence-corrected chi connectivity index (χ1v) is 7.60. The molecule has 1 fully saturated rings. The number of oxime groups is 1. The SMILES string of the molecule is Cc1cc(/C(N)=N/O)ccc1COC1CCC(C)(C)CC1. The number of hydrogen-bond acceptors (Lipinski definition) is 3. The van der Waals surface area contributed by atoms with Crippen molar-refractivity contribution in [1.82, 2.24) is 0 Å². The maximum atomic E-state index is 8.70. The molecule has 2 rings (SSSR count). The molecular formula is C17H26N2O2. The van der Waals surface area contributed by atoms with E-state index in [1.54, 1.807) is 0 Å². The molecule has 0 radical (unpaired) electrons. The highest BCUT2D eigenvalue weighted by atomic mass is 16.5. The zero-order valence-corrected chi connectivity index (χ0v) is 13.2. The summed E-state index contributed by atoms with van der Waals surface area (Å²) >= 11 is 0. The molecule has 0 atom stereocenters. The van der Waals surface area contributed by atoms with Gasteiger partial charge in [-0.15, -0.1) is 0 Å². The van der Waals surface area contributed by atoms with Crippen LogP contribution in [0.15, 0.2) is 23.4 Å². The van der Waals surface area contributed by atoms with Crippen molar-refractivity contribution in [2.24, 2.45) is 16.3 Å². The standard InChI is InChI=1S/C17H26N2O2/c1-12-10-13(16(18)19-20)4-5-14(12)11-21-15-6-8-17(2,3)9-7-15/h4-5,10,15,20H,6-9,11H2,1-3H3,(H2,18,19). The third kappa shape index (κ3) is 4.21. The Morgan fingerprint density at radius 3 is 2.62 bits per heavy atom. The Morgan fingerprint density at radius 1 is 1.38 bits per heavy atom. The summed E-state index contributed by atoms with van der Waals surface area (Å²) in [4.78, 5) is 0. The highest BCUT2D eigenvalue weighted by Gasteiger charge is 2.27. The topological polar surface area (TPSA) is 67.8 Å². The highest BCUT2D eigenvalue weighted by Crippen LogP contribution is 2.36. The van der Waals surface area contributed by atoms with Crippen molar-refractivity contribution in [1.29, 1.82) is 0 Å². The van der Waals surface area contributed by atoms with Gasteiger partial charge in [0.1, 0.15) is 0 Å². The van der Waals surface area contributed by atoms with Gasteiger partial charge in [-0.25, -0.2) is 0 Å². The van der Waals surface area contributed by atoms with Crippen LogP contribution in [0.3, 0.4) is 0 Å². The van der Waals surface area contributed by atoms with Gasteiger partial charge in [0.05, 0.1) is 12.7 Å². The second kappa shape index (κ2) is 6.48. The first kappa shape index (κ1) is 15.8. The van der Waals surface area contributed by atoms with Gasteiger partial charge >= 0.3 is 0 Å². The first-order valence-electron chi connectivity index (χ1n) is 7.60. The monoisotopic (exact) mass is 290 g/mol. The average Bonchev–Trinajstić information content (AvgIpc) is 2.46. The summed E-state index contributed by atoms with van der Waals surface area (Å²) in [5.74, 6) is 0.139. The van der Waals surface area contributed by atoms with Crippen molar-refractivity contribution in [2.45, 2.75) is 59.2 Å². The zero-order valence-electron chi connectivity index (χ0n) is 13.2. The predicted octanol–water partition coefficient (Wildman–Crippen LogP) is 3.57.